The number of hydrogen-bond acceptors (Lipinski definition) is 2. The average molecular weight is 261 g/mol. The van der Waals surface area contributed by atoms with E-state index in [-0.39, 0.29) is 36.7 Å². The molecular weight excluding hydrogens is 243 g/mol. The van der Waals surface area contributed by atoms with E-state index < -0.39 is 0 Å². The third-order valence-electron chi connectivity index (χ3n) is 2.66. The fourth-order valence-electron chi connectivity index (χ4n) is 1.70. The Morgan fingerprint density at radius 1 is 1.41 bits per heavy atom. The number of hydrogen-bond donors (Lipinski definition) is 1. The van der Waals surface area contributed by atoms with E-state index in [0.29, 0.717) is 6.54 Å². The van der Waals surface area contributed by atoms with Crippen LogP contribution < -0.4 is 5.73 Å². The van der Waals surface area contributed by atoms with Crippen LogP contribution in [0, 0.1) is 5.82 Å². The van der Waals surface area contributed by atoms with Crippen LogP contribution in [0.1, 0.15) is 25.5 Å². The summed E-state index contributed by atoms with van der Waals surface area (Å²) in [7, 11) is 0. The fraction of sp³-hybridized carbons (Fsp3) is 0.417. The first-order chi connectivity index (χ1) is 7.60. The highest BCUT2D eigenvalue weighted by atomic mass is 35.5. The molecule has 0 saturated heterocycles. The van der Waals surface area contributed by atoms with Crippen molar-refractivity contribution in [2.75, 3.05) is 13.1 Å². The molecule has 0 aliphatic heterocycles. The zero-order chi connectivity index (χ0) is 12.1. The maximum absolute atomic E-state index is 12.8. The van der Waals surface area contributed by atoms with Gasteiger partial charge in [-0.05, 0) is 31.5 Å². The molecule has 2 N–H and O–H groups in total. The van der Waals surface area contributed by atoms with Crippen molar-refractivity contribution in [3.8, 4) is 0 Å². The molecule has 3 nitrogen and oxygen atoms in total. The number of amides is 1. The van der Waals surface area contributed by atoms with E-state index in [2.05, 4.69) is 0 Å². The number of carbonyl (C=O) groups is 1. The van der Waals surface area contributed by atoms with E-state index >= 15 is 0 Å². The van der Waals surface area contributed by atoms with Crippen molar-refractivity contribution in [1.82, 2.24) is 4.90 Å². The number of rotatable bonds is 4. The molecule has 1 unspecified atom stereocenters. The van der Waals surface area contributed by atoms with Crippen LogP contribution in [-0.2, 0) is 4.79 Å². The van der Waals surface area contributed by atoms with Crippen molar-refractivity contribution in [2.45, 2.75) is 19.9 Å². The first kappa shape index (κ1) is 15.9. The molecule has 0 radical (unpaired) electrons. The van der Waals surface area contributed by atoms with E-state index in [1.165, 1.54) is 12.1 Å². The van der Waals surface area contributed by atoms with Gasteiger partial charge < -0.3 is 10.6 Å². The average Bonchev–Trinajstić information content (AvgIpc) is 2.30. The van der Waals surface area contributed by atoms with E-state index in [9.17, 15) is 9.18 Å². The number of benzene rings is 1. The normalized spacial score (nSPS) is 11.5. The first-order valence-corrected chi connectivity index (χ1v) is 5.35. The minimum absolute atomic E-state index is 0. The maximum Gasteiger partial charge on any atom is 0.236 e. The SMILES string of the molecule is CCN(C(=O)CN)C(C)c1ccc(F)cc1.Cl. The lowest BCUT2D eigenvalue weighted by molar-refractivity contribution is -0.131. The predicted molar refractivity (Wildman–Crippen MR) is 68.5 cm³/mol. The van der Waals surface area contributed by atoms with Crippen LogP contribution in [0.3, 0.4) is 0 Å². The Hall–Kier alpha value is -1.13. The summed E-state index contributed by atoms with van der Waals surface area (Å²) in [5, 5.41) is 0. The summed E-state index contributed by atoms with van der Waals surface area (Å²) in [6, 6.07) is 6.08. The molecule has 1 aromatic carbocycles. The molecule has 0 heterocycles. The van der Waals surface area contributed by atoms with Gasteiger partial charge in [-0.1, -0.05) is 12.1 Å². The van der Waals surface area contributed by atoms with Crippen molar-refractivity contribution in [3.63, 3.8) is 0 Å². The van der Waals surface area contributed by atoms with Gasteiger partial charge in [0.15, 0.2) is 0 Å². The highest BCUT2D eigenvalue weighted by Gasteiger charge is 2.18. The summed E-state index contributed by atoms with van der Waals surface area (Å²) < 4.78 is 12.8. The Morgan fingerprint density at radius 3 is 2.35 bits per heavy atom. The van der Waals surface area contributed by atoms with E-state index in [4.69, 9.17) is 5.73 Å². The van der Waals surface area contributed by atoms with Crippen molar-refractivity contribution in [2.24, 2.45) is 5.73 Å². The predicted octanol–water partition coefficient (Wildman–Crippen LogP) is 2.12. The molecule has 0 saturated carbocycles. The minimum atomic E-state index is -0.274. The van der Waals surface area contributed by atoms with Crippen molar-refractivity contribution in [3.05, 3.63) is 35.6 Å². The largest absolute Gasteiger partial charge is 0.335 e. The molecule has 1 aromatic rings. The molecule has 1 amide bonds. The number of nitrogens with zero attached hydrogens (tertiary/aromatic N) is 1. The molecule has 1 atom stereocenters. The second-order valence-corrected chi connectivity index (χ2v) is 3.61. The Morgan fingerprint density at radius 2 is 1.94 bits per heavy atom. The minimum Gasteiger partial charge on any atom is -0.335 e. The molecule has 0 fully saturated rings. The summed E-state index contributed by atoms with van der Waals surface area (Å²) in [5.74, 6) is -0.372. The molecule has 1 rings (SSSR count). The molecule has 5 heteroatoms. The van der Waals surface area contributed by atoms with Gasteiger partial charge in [0.25, 0.3) is 0 Å². The van der Waals surface area contributed by atoms with Crippen LogP contribution in [0.4, 0.5) is 4.39 Å². The first-order valence-electron chi connectivity index (χ1n) is 5.35. The van der Waals surface area contributed by atoms with Crippen molar-refractivity contribution in [1.29, 1.82) is 0 Å². The zero-order valence-electron chi connectivity index (χ0n) is 10.0. The second-order valence-electron chi connectivity index (χ2n) is 3.61. The maximum atomic E-state index is 12.8. The molecule has 96 valence electrons. The van der Waals surface area contributed by atoms with Crippen LogP contribution in [0.5, 0.6) is 0 Å². The van der Waals surface area contributed by atoms with Gasteiger partial charge in [-0.3, -0.25) is 4.79 Å². The Balaban J connectivity index is 0.00000256. The molecule has 0 aromatic heterocycles. The van der Waals surface area contributed by atoms with Gasteiger partial charge in [-0.2, -0.15) is 0 Å². The van der Waals surface area contributed by atoms with Crippen LogP contribution in [0.2, 0.25) is 0 Å². The van der Waals surface area contributed by atoms with Crippen LogP contribution >= 0.6 is 12.4 Å². The quantitative estimate of drug-likeness (QED) is 0.901. The lowest BCUT2D eigenvalue weighted by Crippen LogP contribution is -2.37. The summed E-state index contributed by atoms with van der Waals surface area (Å²) in [4.78, 5) is 13.2. The molecule has 0 aliphatic rings. The number of nitrogens with two attached hydrogens (primary N) is 1. The van der Waals surface area contributed by atoms with Crippen molar-refractivity contribution >= 4 is 18.3 Å². The number of likely N-dealkylation sites (N-methyl/N-ethyl adjacent to an activating group) is 1. The fourth-order valence-corrected chi connectivity index (χ4v) is 1.70. The van der Waals surface area contributed by atoms with Crippen LogP contribution in [0.25, 0.3) is 0 Å². The summed E-state index contributed by atoms with van der Waals surface area (Å²) in [6.45, 7) is 4.39. The van der Waals surface area contributed by atoms with Gasteiger partial charge >= 0.3 is 0 Å². The van der Waals surface area contributed by atoms with Gasteiger partial charge in [0.05, 0.1) is 12.6 Å². The Kier molecular flexibility index (Phi) is 6.76. The van der Waals surface area contributed by atoms with Gasteiger partial charge in [0, 0.05) is 6.54 Å². The molecular formula is C12H18ClFN2O. The molecule has 0 bridgehead atoms. The summed E-state index contributed by atoms with van der Waals surface area (Å²) in [6.07, 6.45) is 0. The smallest absolute Gasteiger partial charge is 0.236 e. The number of carbonyl (C=O) groups excluding carboxylic acids is 1. The van der Waals surface area contributed by atoms with Crippen LogP contribution in [0.15, 0.2) is 24.3 Å². The third kappa shape index (κ3) is 3.98. The van der Waals surface area contributed by atoms with Gasteiger partial charge in [-0.25, -0.2) is 4.39 Å². The van der Waals surface area contributed by atoms with Gasteiger partial charge in [0.2, 0.25) is 5.91 Å². The number of halogens is 2. The second kappa shape index (κ2) is 7.25. The monoisotopic (exact) mass is 260 g/mol. The Bertz CT molecular complexity index is 356. The Labute approximate surface area is 107 Å². The molecule has 0 aliphatic carbocycles. The molecule has 17 heavy (non-hydrogen) atoms. The van der Waals surface area contributed by atoms with E-state index in [1.54, 1.807) is 17.0 Å². The zero-order valence-corrected chi connectivity index (χ0v) is 10.8. The topological polar surface area (TPSA) is 46.3 Å². The van der Waals surface area contributed by atoms with Crippen LogP contribution in [-0.4, -0.2) is 23.9 Å². The lowest BCUT2D eigenvalue weighted by atomic mass is 10.1. The highest BCUT2D eigenvalue weighted by molar-refractivity contribution is 5.85. The van der Waals surface area contributed by atoms with Gasteiger partial charge in [-0.15, -0.1) is 12.4 Å². The highest BCUT2D eigenvalue weighted by Crippen LogP contribution is 2.20. The van der Waals surface area contributed by atoms with Gasteiger partial charge in [0.1, 0.15) is 5.82 Å². The van der Waals surface area contributed by atoms with E-state index in [0.717, 1.165) is 5.56 Å². The lowest BCUT2D eigenvalue weighted by Gasteiger charge is -2.28. The van der Waals surface area contributed by atoms with E-state index in [1.807, 2.05) is 13.8 Å². The third-order valence-corrected chi connectivity index (χ3v) is 2.66. The molecule has 0 spiro atoms. The standard InChI is InChI=1S/C12H17FN2O.ClH/c1-3-15(12(16)8-14)9(2)10-4-6-11(13)7-5-10;/h4-7,9H,3,8,14H2,1-2H3;1H. The summed E-state index contributed by atoms with van der Waals surface area (Å²) >= 11 is 0. The summed E-state index contributed by atoms with van der Waals surface area (Å²) in [5.41, 5.74) is 6.24. The van der Waals surface area contributed by atoms with Crippen molar-refractivity contribution < 1.29 is 9.18 Å².